The molecular formula is C10H21ClO. The van der Waals surface area contributed by atoms with E-state index in [0.717, 1.165) is 13.2 Å². The van der Waals surface area contributed by atoms with E-state index in [1.165, 1.54) is 5.54 Å². The highest BCUT2D eigenvalue weighted by molar-refractivity contribution is 6.25. The monoisotopic (exact) mass is 192 g/mol. The fourth-order valence-electron chi connectivity index (χ4n) is 0.539. The first-order valence-corrected chi connectivity index (χ1v) is 4.77. The van der Waals surface area contributed by atoms with E-state index in [1.54, 1.807) is 0 Å². The van der Waals surface area contributed by atoms with Gasteiger partial charge in [0, 0.05) is 13.2 Å². The Balaban J connectivity index is 0. The lowest BCUT2D eigenvalue weighted by Crippen LogP contribution is -2.06. The van der Waals surface area contributed by atoms with Crippen molar-refractivity contribution in [2.24, 2.45) is 11.8 Å². The number of hydrogen-bond donors (Lipinski definition) is 0. The molecule has 0 rings (SSSR count). The lowest BCUT2D eigenvalue weighted by Gasteiger charge is -2.07. The second kappa shape index (κ2) is 11.0. The minimum atomic E-state index is 0.670. The normalized spacial score (nSPS) is 9.58. The van der Waals surface area contributed by atoms with E-state index in [2.05, 4.69) is 34.3 Å². The molecule has 0 atom stereocenters. The molecule has 0 spiro atoms. The van der Waals surface area contributed by atoms with Crippen molar-refractivity contribution in [2.75, 3.05) is 13.2 Å². The Hall–Kier alpha value is -0.0100. The zero-order chi connectivity index (χ0) is 9.98. The summed E-state index contributed by atoms with van der Waals surface area (Å²) in [7, 11) is 0. The van der Waals surface area contributed by atoms with Gasteiger partial charge in [-0.15, -0.1) is 0 Å². The molecule has 0 unspecified atom stereocenters. The molecule has 0 saturated carbocycles. The second-order valence-corrected chi connectivity index (χ2v) is 3.79. The van der Waals surface area contributed by atoms with Gasteiger partial charge in [-0.25, -0.2) is 0 Å². The summed E-state index contributed by atoms with van der Waals surface area (Å²) in [6.07, 6.45) is 0. The third-order valence-corrected chi connectivity index (χ3v) is 0.902. The van der Waals surface area contributed by atoms with Gasteiger partial charge in [-0.1, -0.05) is 45.9 Å². The van der Waals surface area contributed by atoms with Crippen LogP contribution in [0.5, 0.6) is 0 Å². The van der Waals surface area contributed by atoms with Crippen LogP contribution in [0, 0.1) is 11.8 Å². The first-order chi connectivity index (χ1) is 5.54. The Labute approximate surface area is 81.8 Å². The van der Waals surface area contributed by atoms with Gasteiger partial charge in [0.15, 0.2) is 0 Å². The lowest BCUT2D eigenvalue weighted by molar-refractivity contribution is 0.0886. The van der Waals surface area contributed by atoms with Crippen LogP contribution in [-0.2, 0) is 4.74 Å². The highest BCUT2D eigenvalue weighted by atomic mass is 35.5. The number of hydrogen-bond acceptors (Lipinski definition) is 1. The molecule has 0 heterocycles. The van der Waals surface area contributed by atoms with Crippen LogP contribution < -0.4 is 0 Å². The maximum atomic E-state index is 5.36. The SMILES string of the molecule is C=CCl.CC(C)COCC(C)C. The van der Waals surface area contributed by atoms with Crippen LogP contribution in [0.3, 0.4) is 0 Å². The Morgan fingerprint density at radius 1 is 1.17 bits per heavy atom. The van der Waals surface area contributed by atoms with Crippen LogP contribution in [0.4, 0.5) is 0 Å². The molecule has 74 valence electrons. The lowest BCUT2D eigenvalue weighted by atomic mass is 10.2. The van der Waals surface area contributed by atoms with Crippen molar-refractivity contribution in [1.29, 1.82) is 0 Å². The first-order valence-electron chi connectivity index (χ1n) is 4.33. The van der Waals surface area contributed by atoms with Gasteiger partial charge in [0.2, 0.25) is 0 Å². The maximum absolute atomic E-state index is 5.36. The summed E-state index contributed by atoms with van der Waals surface area (Å²) in [5.41, 5.74) is 1.22. The predicted molar refractivity (Wildman–Crippen MR) is 56.5 cm³/mol. The zero-order valence-electron chi connectivity index (χ0n) is 8.64. The zero-order valence-corrected chi connectivity index (χ0v) is 9.40. The van der Waals surface area contributed by atoms with Gasteiger partial charge in [-0.3, -0.25) is 0 Å². The van der Waals surface area contributed by atoms with Gasteiger partial charge < -0.3 is 4.74 Å². The Bertz CT molecular complexity index is 81.8. The van der Waals surface area contributed by atoms with Crippen LogP contribution >= 0.6 is 11.6 Å². The van der Waals surface area contributed by atoms with Crippen molar-refractivity contribution in [1.82, 2.24) is 0 Å². The molecule has 0 aliphatic heterocycles. The molecule has 0 aliphatic rings. The van der Waals surface area contributed by atoms with Gasteiger partial charge in [0.25, 0.3) is 0 Å². The molecule has 0 saturated heterocycles. The fourth-order valence-corrected chi connectivity index (χ4v) is 0.539. The summed E-state index contributed by atoms with van der Waals surface area (Å²) in [5.74, 6) is 1.34. The van der Waals surface area contributed by atoms with Crippen LogP contribution in [0.15, 0.2) is 12.1 Å². The molecular weight excluding hydrogens is 172 g/mol. The van der Waals surface area contributed by atoms with E-state index in [1.807, 2.05) is 0 Å². The minimum absolute atomic E-state index is 0.670. The molecule has 0 amide bonds. The summed E-state index contributed by atoms with van der Waals surface area (Å²) >= 11 is 4.76. The molecule has 0 radical (unpaired) electrons. The Morgan fingerprint density at radius 2 is 1.42 bits per heavy atom. The van der Waals surface area contributed by atoms with E-state index >= 15 is 0 Å². The van der Waals surface area contributed by atoms with Crippen molar-refractivity contribution in [2.45, 2.75) is 27.7 Å². The smallest absolute Gasteiger partial charge is 0.0489 e. The fraction of sp³-hybridized carbons (Fsp3) is 0.800. The average molecular weight is 193 g/mol. The Kier molecular flexibility index (Phi) is 13.3. The van der Waals surface area contributed by atoms with Gasteiger partial charge in [-0.2, -0.15) is 0 Å². The molecule has 1 nitrogen and oxygen atoms in total. The molecule has 0 N–H and O–H groups in total. The highest BCUT2D eigenvalue weighted by Gasteiger charge is 1.95. The minimum Gasteiger partial charge on any atom is -0.381 e. The van der Waals surface area contributed by atoms with Crippen molar-refractivity contribution in [3.05, 3.63) is 12.1 Å². The van der Waals surface area contributed by atoms with E-state index < -0.39 is 0 Å². The van der Waals surface area contributed by atoms with E-state index in [-0.39, 0.29) is 0 Å². The van der Waals surface area contributed by atoms with E-state index in [9.17, 15) is 0 Å². The van der Waals surface area contributed by atoms with Crippen molar-refractivity contribution >= 4 is 11.6 Å². The van der Waals surface area contributed by atoms with Crippen LogP contribution in [0.2, 0.25) is 0 Å². The molecule has 12 heavy (non-hydrogen) atoms. The van der Waals surface area contributed by atoms with E-state index in [0.29, 0.717) is 11.8 Å². The summed E-state index contributed by atoms with van der Waals surface area (Å²) in [6, 6.07) is 0. The quantitative estimate of drug-likeness (QED) is 0.661. The van der Waals surface area contributed by atoms with Gasteiger partial charge in [-0.05, 0) is 17.4 Å². The summed E-state index contributed by atoms with van der Waals surface area (Å²) < 4.78 is 5.36. The van der Waals surface area contributed by atoms with Crippen molar-refractivity contribution < 1.29 is 4.74 Å². The molecule has 0 aromatic heterocycles. The van der Waals surface area contributed by atoms with Crippen molar-refractivity contribution in [3.8, 4) is 0 Å². The number of halogens is 1. The topological polar surface area (TPSA) is 9.23 Å². The predicted octanol–water partition coefficient (Wildman–Crippen LogP) is 3.68. The van der Waals surface area contributed by atoms with Crippen molar-refractivity contribution in [3.63, 3.8) is 0 Å². The van der Waals surface area contributed by atoms with E-state index in [4.69, 9.17) is 16.3 Å². The second-order valence-electron chi connectivity index (χ2n) is 3.48. The Morgan fingerprint density at radius 3 is 1.58 bits per heavy atom. The molecule has 2 heteroatoms. The number of ether oxygens (including phenoxy) is 1. The molecule has 0 aromatic rings. The molecule has 0 aliphatic carbocycles. The third kappa shape index (κ3) is 22.5. The summed E-state index contributed by atoms with van der Waals surface area (Å²) in [4.78, 5) is 0. The molecule has 0 bridgehead atoms. The molecule has 0 aromatic carbocycles. The third-order valence-electron chi connectivity index (χ3n) is 0.902. The van der Waals surface area contributed by atoms with Gasteiger partial charge >= 0.3 is 0 Å². The van der Waals surface area contributed by atoms with Gasteiger partial charge in [0.05, 0.1) is 0 Å². The number of rotatable bonds is 4. The summed E-state index contributed by atoms with van der Waals surface area (Å²) in [5, 5.41) is 0. The highest BCUT2D eigenvalue weighted by Crippen LogP contribution is 1.96. The first kappa shape index (κ1) is 14.5. The summed E-state index contributed by atoms with van der Waals surface area (Å²) in [6.45, 7) is 13.6. The van der Waals surface area contributed by atoms with Crippen LogP contribution in [0.1, 0.15) is 27.7 Å². The van der Waals surface area contributed by atoms with Gasteiger partial charge in [0.1, 0.15) is 0 Å². The average Bonchev–Trinajstić information content (AvgIpc) is 1.87. The largest absolute Gasteiger partial charge is 0.381 e. The van der Waals surface area contributed by atoms with Crippen LogP contribution in [0.25, 0.3) is 0 Å². The maximum Gasteiger partial charge on any atom is 0.0489 e. The molecule has 0 fully saturated rings. The van der Waals surface area contributed by atoms with Crippen LogP contribution in [-0.4, -0.2) is 13.2 Å². The standard InChI is InChI=1S/C8H18O.C2H3Cl/c1-7(2)5-9-6-8(3)4;1-2-3/h7-8H,5-6H2,1-4H3;2H,1H2.